The molecule has 4 nitrogen and oxygen atoms in total. The van der Waals surface area contributed by atoms with Crippen LogP contribution in [0.15, 0.2) is 24.3 Å². The van der Waals surface area contributed by atoms with Crippen LogP contribution in [-0.4, -0.2) is 16.5 Å². The lowest BCUT2D eigenvalue weighted by atomic mass is 9.69. The molecule has 0 unspecified atom stereocenters. The van der Waals surface area contributed by atoms with Crippen molar-refractivity contribution in [2.24, 2.45) is 0 Å². The molecular formula is C16H19N2O2-. The summed E-state index contributed by atoms with van der Waals surface area (Å²) >= 11 is 0. The largest absolute Gasteiger partial charge is 0.530 e. The van der Waals surface area contributed by atoms with Crippen molar-refractivity contribution in [3.63, 3.8) is 0 Å². The summed E-state index contributed by atoms with van der Waals surface area (Å²) in [6.07, 6.45) is 1.45. The smallest absolute Gasteiger partial charge is 0.138 e. The van der Waals surface area contributed by atoms with Crippen molar-refractivity contribution in [3.05, 3.63) is 35.4 Å². The predicted molar refractivity (Wildman–Crippen MR) is 73.7 cm³/mol. The van der Waals surface area contributed by atoms with E-state index in [1.54, 1.807) is 12.1 Å². The lowest BCUT2D eigenvalue weighted by Gasteiger charge is -2.57. The van der Waals surface area contributed by atoms with Gasteiger partial charge in [-0.1, -0.05) is 12.1 Å². The van der Waals surface area contributed by atoms with E-state index in [4.69, 9.17) is 5.26 Å². The molecule has 1 aliphatic carbocycles. The number of carbonyl (C=O) groups is 1. The van der Waals surface area contributed by atoms with Crippen LogP contribution in [0, 0.1) is 11.3 Å². The summed E-state index contributed by atoms with van der Waals surface area (Å²) in [5.41, 5.74) is 0.499. The third-order valence-electron chi connectivity index (χ3n) is 4.01. The minimum absolute atomic E-state index is 0.509. The molecule has 4 heteroatoms. The molecule has 0 bridgehead atoms. The summed E-state index contributed by atoms with van der Waals surface area (Å²) in [5, 5.41) is 20.5. The maximum Gasteiger partial charge on any atom is 0.138 e. The highest BCUT2D eigenvalue weighted by Gasteiger charge is 2.48. The van der Waals surface area contributed by atoms with E-state index in [1.807, 2.05) is 32.9 Å². The second kappa shape index (κ2) is 4.82. The van der Waals surface area contributed by atoms with E-state index < -0.39 is 17.2 Å². The quantitative estimate of drug-likeness (QED) is 0.829. The molecule has 1 amide bonds. The average Bonchev–Trinajstić information content (AvgIpc) is 2.31. The minimum atomic E-state index is -1.14. The van der Waals surface area contributed by atoms with Gasteiger partial charge in [-0.3, -0.25) is 0 Å². The fraction of sp³-hybridized carbons (Fsp3) is 0.500. The Balaban J connectivity index is 2.47. The van der Waals surface area contributed by atoms with Crippen LogP contribution in [0.3, 0.4) is 0 Å². The van der Waals surface area contributed by atoms with Crippen LogP contribution in [0.1, 0.15) is 51.2 Å². The fourth-order valence-corrected chi connectivity index (χ4v) is 3.10. The topological polar surface area (TPSA) is 67.2 Å². The highest BCUT2D eigenvalue weighted by atomic mass is 16.4. The second-order valence-corrected chi connectivity index (χ2v) is 6.35. The molecular weight excluding hydrogens is 252 g/mol. The number of benzene rings is 1. The first-order valence-corrected chi connectivity index (χ1v) is 6.83. The number of amides is 1. The van der Waals surface area contributed by atoms with Gasteiger partial charge < -0.3 is 14.8 Å². The summed E-state index contributed by atoms with van der Waals surface area (Å²) < 4.78 is 0. The van der Waals surface area contributed by atoms with Gasteiger partial charge in [0, 0.05) is 5.54 Å². The molecule has 1 saturated carbocycles. The summed E-state index contributed by atoms with van der Waals surface area (Å²) in [6.45, 7) is 5.64. The van der Waals surface area contributed by atoms with Crippen molar-refractivity contribution >= 4 is 6.09 Å². The molecule has 0 atom stereocenters. The van der Waals surface area contributed by atoms with Gasteiger partial charge in [0.15, 0.2) is 0 Å². The van der Waals surface area contributed by atoms with Crippen LogP contribution in [-0.2, 0) is 5.54 Å². The molecule has 1 aromatic rings. The normalized spacial score (nSPS) is 16.9. The summed E-state index contributed by atoms with van der Waals surface area (Å²) in [4.78, 5) is 13.1. The van der Waals surface area contributed by atoms with Gasteiger partial charge >= 0.3 is 0 Å². The minimum Gasteiger partial charge on any atom is -0.530 e. The van der Waals surface area contributed by atoms with Gasteiger partial charge in [0.1, 0.15) is 6.09 Å². The van der Waals surface area contributed by atoms with E-state index in [1.165, 1.54) is 4.90 Å². The molecule has 106 valence electrons. The first kappa shape index (κ1) is 14.4. The van der Waals surface area contributed by atoms with Gasteiger partial charge in [-0.2, -0.15) is 5.26 Å². The zero-order chi connectivity index (χ0) is 15.0. The van der Waals surface area contributed by atoms with Gasteiger partial charge in [0.25, 0.3) is 0 Å². The Morgan fingerprint density at radius 3 is 2.15 bits per heavy atom. The highest BCUT2D eigenvalue weighted by molar-refractivity contribution is 5.66. The second-order valence-electron chi connectivity index (χ2n) is 6.35. The Bertz CT molecular complexity index is 545. The van der Waals surface area contributed by atoms with E-state index in [0.717, 1.165) is 24.8 Å². The van der Waals surface area contributed by atoms with E-state index in [9.17, 15) is 9.90 Å². The van der Waals surface area contributed by atoms with Crippen LogP contribution in [0.25, 0.3) is 0 Å². The van der Waals surface area contributed by atoms with Gasteiger partial charge in [-0.15, -0.1) is 0 Å². The molecule has 1 aromatic carbocycles. The van der Waals surface area contributed by atoms with E-state index in [0.29, 0.717) is 5.56 Å². The number of rotatable bonds is 2. The molecule has 0 spiro atoms. The van der Waals surface area contributed by atoms with Crippen LogP contribution in [0.4, 0.5) is 4.79 Å². The van der Waals surface area contributed by atoms with Crippen molar-refractivity contribution in [1.29, 1.82) is 5.26 Å². The van der Waals surface area contributed by atoms with Gasteiger partial charge in [-0.25, -0.2) is 0 Å². The van der Waals surface area contributed by atoms with Crippen LogP contribution >= 0.6 is 0 Å². The van der Waals surface area contributed by atoms with E-state index >= 15 is 0 Å². The summed E-state index contributed by atoms with van der Waals surface area (Å²) in [6, 6.07) is 9.29. The Labute approximate surface area is 119 Å². The van der Waals surface area contributed by atoms with Crippen LogP contribution in [0.2, 0.25) is 0 Å². The van der Waals surface area contributed by atoms with Gasteiger partial charge in [-0.05, 0) is 57.7 Å². The molecule has 1 aliphatic rings. The Morgan fingerprint density at radius 1 is 1.30 bits per heavy atom. The maximum absolute atomic E-state index is 11.6. The predicted octanol–water partition coefficient (Wildman–Crippen LogP) is 2.38. The lowest BCUT2D eigenvalue weighted by molar-refractivity contribution is -0.282. The molecule has 0 saturated heterocycles. The highest BCUT2D eigenvalue weighted by Crippen LogP contribution is 2.49. The van der Waals surface area contributed by atoms with Crippen molar-refractivity contribution in [3.8, 4) is 6.07 Å². The molecule has 0 aliphatic heterocycles. The van der Waals surface area contributed by atoms with Gasteiger partial charge in [0.2, 0.25) is 0 Å². The van der Waals surface area contributed by atoms with E-state index in [2.05, 4.69) is 6.07 Å². The third-order valence-corrected chi connectivity index (χ3v) is 4.01. The maximum atomic E-state index is 11.6. The molecule has 1 fully saturated rings. The van der Waals surface area contributed by atoms with Crippen LogP contribution < -0.4 is 5.11 Å². The van der Waals surface area contributed by atoms with Crippen LogP contribution in [0.5, 0.6) is 0 Å². The number of carbonyl (C=O) groups excluding carboxylic acids is 1. The summed E-state index contributed by atoms with van der Waals surface area (Å²) in [5.74, 6) is 0. The number of nitrogens with zero attached hydrogens (tertiary/aromatic N) is 2. The molecule has 2 rings (SSSR count). The molecule has 0 N–H and O–H groups in total. The third kappa shape index (κ3) is 2.24. The summed E-state index contributed by atoms with van der Waals surface area (Å²) in [7, 11) is 0. The number of carboxylic acid groups (broad SMARTS) is 1. The number of hydrogen-bond acceptors (Lipinski definition) is 3. The van der Waals surface area contributed by atoms with Crippen molar-refractivity contribution < 1.29 is 9.90 Å². The number of nitriles is 1. The zero-order valence-electron chi connectivity index (χ0n) is 12.1. The molecule has 0 heterocycles. The molecule has 0 radical (unpaired) electrons. The Kier molecular flexibility index (Phi) is 3.47. The van der Waals surface area contributed by atoms with Crippen molar-refractivity contribution in [2.75, 3.05) is 0 Å². The monoisotopic (exact) mass is 271 g/mol. The molecule has 0 aromatic heterocycles. The fourth-order valence-electron chi connectivity index (χ4n) is 3.10. The first-order chi connectivity index (χ1) is 9.31. The number of hydrogen-bond donors (Lipinski definition) is 0. The standard InChI is InChI=1S/C16H20N2O2/c1-15(2,3)18(14(19)20)16(9-4-10-16)13-7-5-12(11-17)6-8-13/h5-8H,4,9-10H2,1-3H3,(H,19,20)/p-1. The Morgan fingerprint density at radius 2 is 1.85 bits per heavy atom. The molecule has 20 heavy (non-hydrogen) atoms. The SMILES string of the molecule is CC(C)(C)N(C(=O)[O-])C1(c2ccc(C#N)cc2)CCC1. The lowest BCUT2D eigenvalue weighted by Crippen LogP contribution is -2.64. The van der Waals surface area contributed by atoms with Crippen molar-refractivity contribution in [2.45, 2.75) is 51.1 Å². The van der Waals surface area contributed by atoms with Crippen molar-refractivity contribution in [1.82, 2.24) is 4.90 Å². The Hall–Kier alpha value is -2.02. The zero-order valence-corrected chi connectivity index (χ0v) is 12.1. The van der Waals surface area contributed by atoms with E-state index in [-0.39, 0.29) is 0 Å². The first-order valence-electron chi connectivity index (χ1n) is 6.83. The average molecular weight is 271 g/mol. The van der Waals surface area contributed by atoms with Gasteiger partial charge in [0.05, 0.1) is 17.2 Å².